The van der Waals surface area contributed by atoms with Crippen molar-refractivity contribution in [2.75, 3.05) is 14.2 Å². The van der Waals surface area contributed by atoms with Crippen molar-refractivity contribution in [3.05, 3.63) is 58.2 Å². The lowest BCUT2D eigenvalue weighted by atomic mass is 9.82. The monoisotopic (exact) mass is 327 g/mol. The number of methoxy groups -OCH3 is 1. The van der Waals surface area contributed by atoms with Crippen LogP contribution in [-0.2, 0) is 14.4 Å². The fraction of sp³-hybridized carbons (Fsp3) is 0.316. The summed E-state index contributed by atoms with van der Waals surface area (Å²) in [6.07, 6.45) is 0.950. The predicted octanol–water partition coefficient (Wildman–Crippen LogP) is 3.47. The third-order valence-corrected chi connectivity index (χ3v) is 4.13. The van der Waals surface area contributed by atoms with Gasteiger partial charge in [0.2, 0.25) is 0 Å². The van der Waals surface area contributed by atoms with Crippen molar-refractivity contribution in [3.63, 3.8) is 0 Å². The number of esters is 1. The highest BCUT2D eigenvalue weighted by Gasteiger charge is 2.29. The van der Waals surface area contributed by atoms with E-state index < -0.39 is 5.97 Å². The third kappa shape index (κ3) is 3.62. The van der Waals surface area contributed by atoms with Gasteiger partial charge < -0.3 is 9.57 Å². The first-order valence-corrected chi connectivity index (χ1v) is 7.66. The fourth-order valence-electron chi connectivity index (χ4n) is 2.66. The molecule has 1 aliphatic rings. The molecular formula is C19H21NO4. The van der Waals surface area contributed by atoms with Crippen molar-refractivity contribution >= 4 is 17.5 Å². The third-order valence-electron chi connectivity index (χ3n) is 4.13. The summed E-state index contributed by atoms with van der Waals surface area (Å²) in [6.45, 7) is 3.98. The topological polar surface area (TPSA) is 65.0 Å². The van der Waals surface area contributed by atoms with Gasteiger partial charge in [0.05, 0.1) is 7.11 Å². The van der Waals surface area contributed by atoms with Crippen LogP contribution in [0.1, 0.15) is 37.0 Å². The molecule has 0 amide bonds. The minimum Gasteiger partial charge on any atom is -0.464 e. The first kappa shape index (κ1) is 17.7. The van der Waals surface area contributed by atoms with Gasteiger partial charge in [0.25, 0.3) is 0 Å². The number of benzene rings is 1. The van der Waals surface area contributed by atoms with Gasteiger partial charge in [-0.1, -0.05) is 46.6 Å². The molecule has 0 N–H and O–H groups in total. The Morgan fingerprint density at radius 2 is 1.54 bits per heavy atom. The van der Waals surface area contributed by atoms with Gasteiger partial charge in [-0.3, -0.25) is 4.79 Å². The van der Waals surface area contributed by atoms with Crippen LogP contribution in [0.5, 0.6) is 0 Å². The number of ether oxygens (including phenoxy) is 1. The van der Waals surface area contributed by atoms with E-state index in [0.717, 1.165) is 11.1 Å². The molecule has 24 heavy (non-hydrogen) atoms. The zero-order valence-electron chi connectivity index (χ0n) is 14.4. The summed E-state index contributed by atoms with van der Waals surface area (Å²) < 4.78 is 4.80. The average Bonchev–Trinajstić information content (AvgIpc) is 2.61. The number of nitrogens with zero attached hydrogens (tertiary/aromatic N) is 1. The molecular weight excluding hydrogens is 306 g/mol. The van der Waals surface area contributed by atoms with Gasteiger partial charge in [0.1, 0.15) is 7.11 Å². The second-order valence-electron chi connectivity index (χ2n) is 5.68. The summed E-state index contributed by atoms with van der Waals surface area (Å²) in [5, 5.41) is 3.81. The largest absolute Gasteiger partial charge is 0.464 e. The lowest BCUT2D eigenvalue weighted by Crippen LogP contribution is -2.24. The smallest absolute Gasteiger partial charge is 0.360 e. The maximum Gasteiger partial charge on any atom is 0.360 e. The molecule has 0 saturated carbocycles. The van der Waals surface area contributed by atoms with Crippen LogP contribution in [0.15, 0.2) is 57.8 Å². The van der Waals surface area contributed by atoms with Gasteiger partial charge in [-0.15, -0.1) is 0 Å². The van der Waals surface area contributed by atoms with E-state index in [1.165, 1.54) is 14.2 Å². The Bertz CT molecular complexity index is 742. The van der Waals surface area contributed by atoms with E-state index in [9.17, 15) is 9.59 Å². The Hall–Kier alpha value is -2.69. The van der Waals surface area contributed by atoms with Crippen LogP contribution in [-0.4, -0.2) is 31.7 Å². The molecule has 1 aromatic rings. The molecule has 0 unspecified atom stereocenters. The Kier molecular flexibility index (Phi) is 5.68. The van der Waals surface area contributed by atoms with E-state index in [-0.39, 0.29) is 11.5 Å². The lowest BCUT2D eigenvalue weighted by molar-refractivity contribution is -0.132. The van der Waals surface area contributed by atoms with Gasteiger partial charge in [-0.25, -0.2) is 4.79 Å². The maximum absolute atomic E-state index is 13.0. The second-order valence-corrected chi connectivity index (χ2v) is 5.68. The van der Waals surface area contributed by atoms with Crippen LogP contribution in [0.25, 0.3) is 0 Å². The number of allylic oxidation sites excluding steroid dienone is 3. The van der Waals surface area contributed by atoms with Crippen molar-refractivity contribution in [1.82, 2.24) is 0 Å². The first-order chi connectivity index (χ1) is 11.5. The van der Waals surface area contributed by atoms with Crippen LogP contribution >= 0.6 is 0 Å². The fourth-order valence-corrected chi connectivity index (χ4v) is 2.66. The van der Waals surface area contributed by atoms with Gasteiger partial charge in [-0.2, -0.15) is 0 Å². The summed E-state index contributed by atoms with van der Waals surface area (Å²) in [5.41, 5.74) is 4.00. The summed E-state index contributed by atoms with van der Waals surface area (Å²) >= 11 is 0. The highest BCUT2D eigenvalue weighted by Crippen LogP contribution is 2.32. The molecule has 0 bridgehead atoms. The van der Waals surface area contributed by atoms with Gasteiger partial charge >= 0.3 is 5.97 Å². The van der Waals surface area contributed by atoms with E-state index in [1.807, 2.05) is 32.0 Å². The van der Waals surface area contributed by atoms with Gasteiger partial charge in [0, 0.05) is 16.7 Å². The number of carbonyl (C=O) groups is 2. The summed E-state index contributed by atoms with van der Waals surface area (Å²) in [6, 6.07) is 9.01. The minimum absolute atomic E-state index is 0.0473. The Labute approximate surface area is 141 Å². The molecule has 2 rings (SSSR count). The molecule has 0 aromatic heterocycles. The number of ketones is 1. The Morgan fingerprint density at radius 1 is 0.958 bits per heavy atom. The molecule has 126 valence electrons. The van der Waals surface area contributed by atoms with Crippen molar-refractivity contribution in [3.8, 4) is 0 Å². The van der Waals surface area contributed by atoms with Crippen LogP contribution in [0, 0.1) is 0 Å². The molecule has 0 atom stereocenters. The highest BCUT2D eigenvalue weighted by molar-refractivity contribution is 6.44. The standard InChI is InChI=1S/C19H21NO4/c1-12-10-15(17(20-24-4)19(22)23-3)16(11-13(12)2)18(21)14-8-6-5-7-9-14/h5-9H,10-11H2,1-4H3/b20-17+. The van der Waals surface area contributed by atoms with Crippen molar-refractivity contribution in [2.24, 2.45) is 5.16 Å². The van der Waals surface area contributed by atoms with Crippen molar-refractivity contribution in [1.29, 1.82) is 0 Å². The van der Waals surface area contributed by atoms with Crippen LogP contribution in [0.2, 0.25) is 0 Å². The van der Waals surface area contributed by atoms with Crippen LogP contribution < -0.4 is 0 Å². The predicted molar refractivity (Wildman–Crippen MR) is 91.9 cm³/mol. The zero-order valence-corrected chi connectivity index (χ0v) is 14.4. The Balaban J connectivity index is 2.57. The number of carbonyl (C=O) groups excluding carboxylic acids is 2. The van der Waals surface area contributed by atoms with Crippen molar-refractivity contribution in [2.45, 2.75) is 26.7 Å². The van der Waals surface area contributed by atoms with Crippen molar-refractivity contribution < 1.29 is 19.2 Å². The quantitative estimate of drug-likeness (QED) is 0.273. The minimum atomic E-state index is -0.613. The number of oxime groups is 1. The molecule has 0 spiro atoms. The molecule has 0 heterocycles. The normalized spacial score (nSPS) is 15.4. The van der Waals surface area contributed by atoms with E-state index in [1.54, 1.807) is 12.1 Å². The molecule has 5 heteroatoms. The summed E-state index contributed by atoms with van der Waals surface area (Å²) in [5.74, 6) is -0.720. The van der Waals surface area contributed by atoms with E-state index in [2.05, 4.69) is 5.16 Å². The molecule has 0 radical (unpaired) electrons. The molecule has 0 saturated heterocycles. The van der Waals surface area contributed by atoms with Crippen LogP contribution in [0.4, 0.5) is 0 Å². The molecule has 1 aliphatic carbocycles. The molecule has 0 aliphatic heterocycles. The Morgan fingerprint density at radius 3 is 2.08 bits per heavy atom. The molecule has 1 aromatic carbocycles. The van der Waals surface area contributed by atoms with E-state index in [4.69, 9.17) is 9.57 Å². The zero-order chi connectivity index (χ0) is 17.7. The molecule has 0 fully saturated rings. The molecule has 5 nitrogen and oxygen atoms in total. The summed E-state index contributed by atoms with van der Waals surface area (Å²) in [4.78, 5) is 29.9. The van der Waals surface area contributed by atoms with E-state index in [0.29, 0.717) is 29.6 Å². The SMILES string of the molecule is CO/N=C(/C(=O)OC)C1=C(C(=O)c2ccccc2)CC(C)=C(C)C1. The van der Waals surface area contributed by atoms with Gasteiger partial charge in [0.15, 0.2) is 11.5 Å². The van der Waals surface area contributed by atoms with Crippen LogP contribution in [0.3, 0.4) is 0 Å². The summed E-state index contributed by atoms with van der Waals surface area (Å²) in [7, 11) is 2.64. The first-order valence-electron chi connectivity index (χ1n) is 7.66. The van der Waals surface area contributed by atoms with E-state index >= 15 is 0 Å². The maximum atomic E-state index is 13.0. The van der Waals surface area contributed by atoms with Gasteiger partial charge in [-0.05, 0) is 26.7 Å². The number of hydrogen-bond donors (Lipinski definition) is 0. The average molecular weight is 327 g/mol. The highest BCUT2D eigenvalue weighted by atomic mass is 16.6. The number of Topliss-reactive ketones (excluding diaryl/α,β-unsaturated/α-hetero) is 1. The second kappa shape index (κ2) is 7.73. The number of rotatable bonds is 5. The lowest BCUT2D eigenvalue weighted by Gasteiger charge is -2.22. The number of hydrogen-bond acceptors (Lipinski definition) is 5.